The maximum absolute atomic E-state index is 12.3. The number of hydrogen-bond acceptors (Lipinski definition) is 2. The van der Waals surface area contributed by atoms with E-state index in [1.165, 1.54) is 0 Å². The van der Waals surface area contributed by atoms with E-state index in [4.69, 9.17) is 0 Å². The fourth-order valence-corrected chi connectivity index (χ4v) is 2.28. The number of nitrogens with one attached hydrogen (secondary N) is 1. The molecule has 4 nitrogen and oxygen atoms in total. The first-order valence-electron chi connectivity index (χ1n) is 6.86. The summed E-state index contributed by atoms with van der Waals surface area (Å²) < 4.78 is 0. The van der Waals surface area contributed by atoms with Gasteiger partial charge in [0.1, 0.15) is 12.1 Å². The Morgan fingerprint density at radius 1 is 1.17 bits per heavy atom. The maximum atomic E-state index is 12.3. The lowest BCUT2D eigenvalue weighted by Gasteiger charge is -2.41. The van der Waals surface area contributed by atoms with Crippen LogP contribution in [-0.4, -0.2) is 35.3 Å². The van der Waals surface area contributed by atoms with Crippen LogP contribution in [0, 0.1) is 17.8 Å². The third-order valence-corrected chi connectivity index (χ3v) is 3.87. The van der Waals surface area contributed by atoms with Gasteiger partial charge in [0, 0.05) is 6.54 Å². The molecule has 0 bridgehead atoms. The Bertz CT molecular complexity index is 326. The van der Waals surface area contributed by atoms with Gasteiger partial charge in [0.2, 0.25) is 11.8 Å². The van der Waals surface area contributed by atoms with E-state index >= 15 is 0 Å². The van der Waals surface area contributed by atoms with E-state index in [0.29, 0.717) is 18.4 Å². The van der Waals surface area contributed by atoms with Crippen LogP contribution >= 0.6 is 0 Å². The normalized spacial score (nSPS) is 26.8. The summed E-state index contributed by atoms with van der Waals surface area (Å²) >= 11 is 0. The van der Waals surface area contributed by atoms with Gasteiger partial charge in [0.05, 0.1) is 0 Å². The lowest BCUT2D eigenvalue weighted by Crippen LogP contribution is -2.64. The summed E-state index contributed by atoms with van der Waals surface area (Å²) in [6.45, 7) is 12.8. The molecule has 1 aliphatic heterocycles. The van der Waals surface area contributed by atoms with Gasteiger partial charge < -0.3 is 10.2 Å². The molecule has 2 amide bonds. The van der Waals surface area contributed by atoms with Crippen molar-refractivity contribution in [3.05, 3.63) is 0 Å². The number of nitrogens with zero attached hydrogens (tertiary/aromatic N) is 1. The van der Waals surface area contributed by atoms with E-state index < -0.39 is 6.04 Å². The van der Waals surface area contributed by atoms with Crippen LogP contribution in [0.4, 0.5) is 0 Å². The van der Waals surface area contributed by atoms with Gasteiger partial charge in [-0.05, 0) is 24.7 Å². The molecule has 1 fully saturated rings. The fraction of sp³-hybridized carbons (Fsp3) is 0.857. The minimum absolute atomic E-state index is 0.0203. The topological polar surface area (TPSA) is 49.4 Å². The van der Waals surface area contributed by atoms with Crippen molar-refractivity contribution < 1.29 is 9.59 Å². The highest BCUT2D eigenvalue weighted by atomic mass is 16.2. The van der Waals surface area contributed by atoms with Gasteiger partial charge in [0.15, 0.2) is 0 Å². The second kappa shape index (κ2) is 5.72. The molecule has 1 rings (SSSR count). The first kappa shape index (κ1) is 15.0. The number of carbonyl (C=O) groups excluding carboxylic acids is 2. The smallest absolute Gasteiger partial charge is 0.245 e. The van der Waals surface area contributed by atoms with Crippen LogP contribution in [0.5, 0.6) is 0 Å². The van der Waals surface area contributed by atoms with Gasteiger partial charge in [-0.25, -0.2) is 0 Å². The van der Waals surface area contributed by atoms with E-state index in [1.807, 2.05) is 13.8 Å². The van der Waals surface area contributed by atoms with Crippen molar-refractivity contribution in [1.29, 1.82) is 0 Å². The molecule has 1 heterocycles. The van der Waals surface area contributed by atoms with Crippen LogP contribution in [0.1, 0.15) is 41.5 Å². The Morgan fingerprint density at radius 3 is 2.17 bits per heavy atom. The molecule has 0 aromatic carbocycles. The number of rotatable bonds is 4. The average molecular weight is 254 g/mol. The molecular formula is C14H26N2O2. The molecule has 3 unspecified atom stereocenters. The Morgan fingerprint density at radius 2 is 1.72 bits per heavy atom. The zero-order chi connectivity index (χ0) is 14.0. The largest absolute Gasteiger partial charge is 0.343 e. The quantitative estimate of drug-likeness (QED) is 0.829. The highest BCUT2D eigenvalue weighted by Gasteiger charge is 2.40. The molecule has 0 aliphatic carbocycles. The first-order chi connectivity index (χ1) is 8.25. The van der Waals surface area contributed by atoms with Crippen LogP contribution in [-0.2, 0) is 9.59 Å². The van der Waals surface area contributed by atoms with Gasteiger partial charge >= 0.3 is 0 Å². The predicted molar refractivity (Wildman–Crippen MR) is 71.9 cm³/mol. The van der Waals surface area contributed by atoms with Crippen LogP contribution < -0.4 is 5.32 Å². The summed E-state index contributed by atoms with van der Waals surface area (Å²) in [7, 11) is 0. The minimum atomic E-state index is -0.396. The Balaban J connectivity index is 2.92. The maximum Gasteiger partial charge on any atom is 0.245 e. The highest BCUT2D eigenvalue weighted by molar-refractivity contribution is 5.96. The second-order valence-electron chi connectivity index (χ2n) is 6.13. The van der Waals surface area contributed by atoms with Crippen molar-refractivity contribution in [2.45, 2.75) is 53.6 Å². The molecule has 1 aliphatic rings. The monoisotopic (exact) mass is 254 g/mol. The van der Waals surface area contributed by atoms with Gasteiger partial charge in [-0.3, -0.25) is 9.59 Å². The number of carbonyl (C=O) groups is 2. The zero-order valence-corrected chi connectivity index (χ0v) is 12.4. The number of amides is 2. The van der Waals surface area contributed by atoms with Crippen LogP contribution in [0.15, 0.2) is 0 Å². The summed E-state index contributed by atoms with van der Waals surface area (Å²) in [5, 5.41) is 2.76. The standard InChI is InChI=1S/C14H26N2O2/c1-8(2)10(5)7-16-12(9(3)4)13(17)15-11(6)14(16)18/h8-12H,7H2,1-6H3,(H,15,17). The molecule has 1 N–H and O–H groups in total. The van der Waals surface area contributed by atoms with E-state index in [9.17, 15) is 9.59 Å². The van der Waals surface area contributed by atoms with Crippen LogP contribution in [0.2, 0.25) is 0 Å². The van der Waals surface area contributed by atoms with Crippen molar-refractivity contribution in [2.24, 2.45) is 17.8 Å². The zero-order valence-electron chi connectivity index (χ0n) is 12.4. The van der Waals surface area contributed by atoms with Gasteiger partial charge in [-0.15, -0.1) is 0 Å². The van der Waals surface area contributed by atoms with E-state index in [-0.39, 0.29) is 23.8 Å². The summed E-state index contributed by atoms with van der Waals surface area (Å²) in [6, 6.07) is -0.721. The van der Waals surface area contributed by atoms with Gasteiger partial charge in [-0.2, -0.15) is 0 Å². The molecule has 0 radical (unpaired) electrons. The van der Waals surface area contributed by atoms with E-state index in [2.05, 4.69) is 26.1 Å². The molecule has 0 spiro atoms. The number of hydrogen-bond donors (Lipinski definition) is 1. The van der Waals surface area contributed by atoms with Crippen molar-refractivity contribution >= 4 is 11.8 Å². The molecule has 0 saturated carbocycles. The van der Waals surface area contributed by atoms with Crippen molar-refractivity contribution in [3.63, 3.8) is 0 Å². The lowest BCUT2D eigenvalue weighted by atomic mass is 9.92. The molecule has 3 atom stereocenters. The SMILES string of the molecule is CC1NC(=O)C(C(C)C)N(CC(C)C(C)C)C1=O. The summed E-state index contributed by atoms with van der Waals surface area (Å²) in [5.74, 6) is 1.06. The molecular weight excluding hydrogens is 228 g/mol. The Hall–Kier alpha value is -1.06. The Labute approximate surface area is 110 Å². The number of piperazine rings is 1. The second-order valence-corrected chi connectivity index (χ2v) is 6.13. The summed E-state index contributed by atoms with van der Waals surface area (Å²) in [5.41, 5.74) is 0. The summed E-state index contributed by atoms with van der Waals surface area (Å²) in [6.07, 6.45) is 0. The van der Waals surface area contributed by atoms with Crippen molar-refractivity contribution in [2.75, 3.05) is 6.54 Å². The van der Waals surface area contributed by atoms with Crippen LogP contribution in [0.3, 0.4) is 0 Å². The molecule has 18 heavy (non-hydrogen) atoms. The highest BCUT2D eigenvalue weighted by Crippen LogP contribution is 2.21. The van der Waals surface area contributed by atoms with E-state index in [0.717, 1.165) is 0 Å². The van der Waals surface area contributed by atoms with Gasteiger partial charge in [-0.1, -0.05) is 34.6 Å². The van der Waals surface area contributed by atoms with Crippen molar-refractivity contribution in [1.82, 2.24) is 10.2 Å². The average Bonchev–Trinajstić information content (AvgIpc) is 2.24. The van der Waals surface area contributed by atoms with E-state index in [1.54, 1.807) is 11.8 Å². The lowest BCUT2D eigenvalue weighted by molar-refractivity contribution is -0.151. The molecule has 4 heteroatoms. The molecule has 0 aromatic rings. The molecule has 104 valence electrons. The predicted octanol–water partition coefficient (Wildman–Crippen LogP) is 1.65. The fourth-order valence-electron chi connectivity index (χ4n) is 2.28. The molecule has 0 aromatic heterocycles. The molecule has 1 saturated heterocycles. The van der Waals surface area contributed by atoms with Crippen LogP contribution in [0.25, 0.3) is 0 Å². The minimum Gasteiger partial charge on any atom is -0.343 e. The third-order valence-electron chi connectivity index (χ3n) is 3.87. The first-order valence-corrected chi connectivity index (χ1v) is 6.86. The van der Waals surface area contributed by atoms with Crippen molar-refractivity contribution in [3.8, 4) is 0 Å². The summed E-state index contributed by atoms with van der Waals surface area (Å²) in [4.78, 5) is 26.1. The Kier molecular flexibility index (Phi) is 4.77. The van der Waals surface area contributed by atoms with Gasteiger partial charge in [0.25, 0.3) is 0 Å². The third kappa shape index (κ3) is 3.03.